The first-order chi connectivity index (χ1) is 9.82. The van der Waals surface area contributed by atoms with E-state index in [4.69, 9.17) is 5.11 Å². The van der Waals surface area contributed by atoms with Gasteiger partial charge in [-0.15, -0.1) is 0 Å². The number of rotatable bonds is 7. The third-order valence-electron chi connectivity index (χ3n) is 3.70. The Labute approximate surface area is 124 Å². The third kappa shape index (κ3) is 4.47. The summed E-state index contributed by atoms with van der Waals surface area (Å²) in [6.07, 6.45) is 3.12. The summed E-state index contributed by atoms with van der Waals surface area (Å²) in [6, 6.07) is -0.373. The number of urea groups is 1. The van der Waals surface area contributed by atoms with Crippen molar-refractivity contribution in [2.75, 3.05) is 6.54 Å². The highest BCUT2D eigenvalue weighted by atomic mass is 16.4. The number of carbonyl (C=O) groups excluding carboxylic acids is 1. The summed E-state index contributed by atoms with van der Waals surface area (Å²) in [7, 11) is 1.84. The molecule has 0 fully saturated rings. The van der Waals surface area contributed by atoms with Crippen LogP contribution in [0.25, 0.3) is 0 Å². The molecule has 0 aliphatic rings. The summed E-state index contributed by atoms with van der Waals surface area (Å²) < 4.78 is 1.71. The number of carboxylic acids is 1. The highest BCUT2D eigenvalue weighted by Crippen LogP contribution is 2.19. The van der Waals surface area contributed by atoms with Crippen LogP contribution in [0.1, 0.15) is 38.4 Å². The molecule has 1 rings (SSSR count). The van der Waals surface area contributed by atoms with Crippen molar-refractivity contribution < 1.29 is 14.7 Å². The van der Waals surface area contributed by atoms with Crippen LogP contribution in [0.15, 0.2) is 6.20 Å². The normalized spacial score (nSPS) is 13.5. The minimum atomic E-state index is -0.944. The van der Waals surface area contributed by atoms with Crippen molar-refractivity contribution in [2.24, 2.45) is 12.5 Å². The maximum atomic E-state index is 11.8. The molecule has 0 spiro atoms. The van der Waals surface area contributed by atoms with Crippen molar-refractivity contribution in [2.45, 2.75) is 40.2 Å². The van der Waals surface area contributed by atoms with E-state index in [1.165, 1.54) is 0 Å². The van der Waals surface area contributed by atoms with Crippen LogP contribution in [-0.2, 0) is 24.8 Å². The van der Waals surface area contributed by atoms with Crippen LogP contribution in [0.5, 0.6) is 0 Å². The fraction of sp³-hybridized carbons (Fsp3) is 0.643. The lowest BCUT2D eigenvalue weighted by Crippen LogP contribution is -2.44. The van der Waals surface area contributed by atoms with Gasteiger partial charge in [0.15, 0.2) is 0 Å². The number of carbonyl (C=O) groups is 2. The Morgan fingerprint density at radius 1 is 1.38 bits per heavy atom. The lowest BCUT2D eigenvalue weighted by molar-refractivity contribution is -0.147. The molecule has 0 saturated heterocycles. The van der Waals surface area contributed by atoms with Crippen LogP contribution in [0.2, 0.25) is 0 Å². The molecule has 1 unspecified atom stereocenters. The zero-order valence-electron chi connectivity index (χ0n) is 13.1. The number of hydrogen-bond acceptors (Lipinski definition) is 3. The van der Waals surface area contributed by atoms with Gasteiger partial charge in [-0.1, -0.05) is 13.8 Å². The summed E-state index contributed by atoms with van der Waals surface area (Å²) in [5.74, 6) is -0.911. The molecule has 0 aliphatic carbocycles. The lowest BCUT2D eigenvalue weighted by Gasteiger charge is -2.23. The molecule has 1 aromatic heterocycles. The first kappa shape index (κ1) is 17.0. The Hall–Kier alpha value is -2.05. The fourth-order valence-electron chi connectivity index (χ4n) is 1.89. The van der Waals surface area contributed by atoms with E-state index < -0.39 is 11.4 Å². The summed E-state index contributed by atoms with van der Waals surface area (Å²) in [5, 5.41) is 18.8. The van der Waals surface area contributed by atoms with E-state index in [2.05, 4.69) is 15.7 Å². The molecule has 1 atom stereocenters. The molecule has 0 radical (unpaired) electrons. The summed E-state index contributed by atoms with van der Waals surface area (Å²) >= 11 is 0. The molecule has 1 heterocycles. The van der Waals surface area contributed by atoms with Crippen molar-refractivity contribution in [1.82, 2.24) is 20.4 Å². The number of aryl methyl sites for hydroxylation is 2. The van der Waals surface area contributed by atoms with Crippen LogP contribution in [0.4, 0.5) is 4.79 Å². The standard InChI is InChI=1S/C14H24N4O3/c1-5-11-10(8-18(4)17-11)7-15-13(21)16-9-14(3,6-2)12(19)20/h8H,5-7,9H2,1-4H3,(H,19,20)(H2,15,16,21). The van der Waals surface area contributed by atoms with Crippen LogP contribution in [-0.4, -0.2) is 33.4 Å². The number of nitrogens with zero attached hydrogens (tertiary/aromatic N) is 2. The van der Waals surface area contributed by atoms with Crippen LogP contribution < -0.4 is 10.6 Å². The van der Waals surface area contributed by atoms with E-state index in [0.717, 1.165) is 17.7 Å². The Balaban J connectivity index is 2.49. The van der Waals surface area contributed by atoms with Gasteiger partial charge in [0.25, 0.3) is 0 Å². The van der Waals surface area contributed by atoms with E-state index in [1.54, 1.807) is 18.5 Å². The SMILES string of the molecule is CCc1nn(C)cc1CNC(=O)NCC(C)(CC)C(=O)O. The predicted octanol–water partition coefficient (Wildman–Crippen LogP) is 1.28. The smallest absolute Gasteiger partial charge is 0.315 e. The van der Waals surface area contributed by atoms with E-state index >= 15 is 0 Å². The molecule has 21 heavy (non-hydrogen) atoms. The lowest BCUT2D eigenvalue weighted by atomic mass is 9.88. The van der Waals surface area contributed by atoms with Crippen molar-refractivity contribution in [1.29, 1.82) is 0 Å². The second kappa shape index (κ2) is 7.10. The number of amides is 2. The third-order valence-corrected chi connectivity index (χ3v) is 3.70. The number of aliphatic carboxylic acids is 1. The highest BCUT2D eigenvalue weighted by molar-refractivity contribution is 5.77. The number of aromatic nitrogens is 2. The topological polar surface area (TPSA) is 96.3 Å². The molecular formula is C14H24N4O3. The molecular weight excluding hydrogens is 272 g/mol. The second-order valence-corrected chi connectivity index (χ2v) is 5.38. The van der Waals surface area contributed by atoms with Crippen LogP contribution in [0.3, 0.4) is 0 Å². The van der Waals surface area contributed by atoms with Crippen molar-refractivity contribution >= 4 is 12.0 Å². The van der Waals surface area contributed by atoms with Crippen LogP contribution in [0, 0.1) is 5.41 Å². The maximum absolute atomic E-state index is 11.8. The summed E-state index contributed by atoms with van der Waals surface area (Å²) in [5.41, 5.74) is 0.966. The zero-order chi connectivity index (χ0) is 16.0. The number of hydrogen-bond donors (Lipinski definition) is 3. The molecule has 2 amide bonds. The van der Waals surface area contributed by atoms with Gasteiger partial charge in [0, 0.05) is 31.9 Å². The monoisotopic (exact) mass is 296 g/mol. The molecule has 3 N–H and O–H groups in total. The fourth-order valence-corrected chi connectivity index (χ4v) is 1.89. The quantitative estimate of drug-likeness (QED) is 0.706. The van der Waals surface area contributed by atoms with E-state index in [-0.39, 0.29) is 12.6 Å². The summed E-state index contributed by atoms with van der Waals surface area (Å²) in [4.78, 5) is 22.9. The van der Waals surface area contributed by atoms with Gasteiger partial charge >= 0.3 is 12.0 Å². The molecule has 7 nitrogen and oxygen atoms in total. The van der Waals surface area contributed by atoms with Gasteiger partial charge < -0.3 is 15.7 Å². The van der Waals surface area contributed by atoms with Gasteiger partial charge in [-0.05, 0) is 19.8 Å². The average Bonchev–Trinajstić information content (AvgIpc) is 2.82. The molecule has 0 aromatic carbocycles. The van der Waals surface area contributed by atoms with Gasteiger partial charge in [-0.25, -0.2) is 4.79 Å². The van der Waals surface area contributed by atoms with Crippen molar-refractivity contribution in [3.63, 3.8) is 0 Å². The number of nitrogens with one attached hydrogen (secondary N) is 2. The Morgan fingerprint density at radius 2 is 2.05 bits per heavy atom. The minimum absolute atomic E-state index is 0.0956. The average molecular weight is 296 g/mol. The highest BCUT2D eigenvalue weighted by Gasteiger charge is 2.31. The van der Waals surface area contributed by atoms with Gasteiger partial charge in [0.05, 0.1) is 11.1 Å². The van der Waals surface area contributed by atoms with E-state index in [0.29, 0.717) is 13.0 Å². The van der Waals surface area contributed by atoms with Crippen LogP contribution >= 0.6 is 0 Å². The Bertz CT molecular complexity index is 512. The van der Waals surface area contributed by atoms with Gasteiger partial charge in [-0.2, -0.15) is 5.10 Å². The largest absolute Gasteiger partial charge is 0.481 e. The van der Waals surface area contributed by atoms with Crippen molar-refractivity contribution in [3.05, 3.63) is 17.5 Å². The van der Waals surface area contributed by atoms with E-state index in [9.17, 15) is 9.59 Å². The molecule has 118 valence electrons. The second-order valence-electron chi connectivity index (χ2n) is 5.38. The molecule has 1 aromatic rings. The van der Waals surface area contributed by atoms with Gasteiger partial charge in [0.2, 0.25) is 0 Å². The zero-order valence-corrected chi connectivity index (χ0v) is 13.1. The Morgan fingerprint density at radius 3 is 2.57 bits per heavy atom. The maximum Gasteiger partial charge on any atom is 0.315 e. The van der Waals surface area contributed by atoms with Gasteiger partial charge in [-0.3, -0.25) is 9.48 Å². The predicted molar refractivity (Wildman–Crippen MR) is 78.9 cm³/mol. The van der Waals surface area contributed by atoms with Gasteiger partial charge in [0.1, 0.15) is 0 Å². The molecule has 0 aliphatic heterocycles. The molecule has 0 saturated carbocycles. The first-order valence-corrected chi connectivity index (χ1v) is 7.09. The minimum Gasteiger partial charge on any atom is -0.481 e. The molecule has 0 bridgehead atoms. The van der Waals surface area contributed by atoms with Crippen molar-refractivity contribution in [3.8, 4) is 0 Å². The summed E-state index contributed by atoms with van der Waals surface area (Å²) in [6.45, 7) is 5.88. The number of carboxylic acid groups (broad SMARTS) is 1. The first-order valence-electron chi connectivity index (χ1n) is 7.09. The molecule has 7 heteroatoms. The Kier molecular flexibility index (Phi) is 5.75. The van der Waals surface area contributed by atoms with E-state index in [1.807, 2.05) is 20.2 Å².